The quantitative estimate of drug-likeness (QED) is 0.365. The number of aromatic nitrogens is 3. The molecule has 0 aliphatic carbocycles. The maximum atomic E-state index is 13.6. The second kappa shape index (κ2) is 10.7. The Balaban J connectivity index is 1.22. The van der Waals surface area contributed by atoms with Gasteiger partial charge < -0.3 is 29.8 Å². The van der Waals surface area contributed by atoms with E-state index in [-0.39, 0.29) is 24.5 Å². The molecule has 0 spiro atoms. The minimum atomic E-state index is -0.605. The predicted octanol–water partition coefficient (Wildman–Crippen LogP) is 3.54. The van der Waals surface area contributed by atoms with Gasteiger partial charge in [0.2, 0.25) is 0 Å². The van der Waals surface area contributed by atoms with Crippen molar-refractivity contribution in [1.29, 1.82) is 0 Å². The number of hydrogen-bond donors (Lipinski definition) is 2. The van der Waals surface area contributed by atoms with Crippen LogP contribution in [0.4, 0.5) is 5.69 Å². The number of pyridine rings is 1. The van der Waals surface area contributed by atoms with Crippen LogP contribution in [-0.4, -0.2) is 56.6 Å². The van der Waals surface area contributed by atoms with Crippen LogP contribution < -0.4 is 10.6 Å². The monoisotopic (exact) mass is 546 g/mol. The molecular formula is C29H34N6O3S. The molecule has 0 saturated carbocycles. The summed E-state index contributed by atoms with van der Waals surface area (Å²) in [6.45, 7) is 4.91. The number of aliphatic hydroxyl groups excluding tert-OH is 1. The van der Waals surface area contributed by atoms with Crippen LogP contribution in [0.3, 0.4) is 0 Å². The first-order chi connectivity index (χ1) is 18.9. The Labute approximate surface area is 231 Å². The van der Waals surface area contributed by atoms with E-state index in [9.17, 15) is 9.90 Å². The van der Waals surface area contributed by atoms with Gasteiger partial charge in [0.15, 0.2) is 0 Å². The number of nitrogens with zero attached hydrogens (tertiary/aromatic N) is 5. The lowest BCUT2D eigenvalue weighted by molar-refractivity contribution is 0.0194. The van der Waals surface area contributed by atoms with E-state index in [1.165, 1.54) is 10.4 Å². The zero-order chi connectivity index (χ0) is 27.1. The van der Waals surface area contributed by atoms with E-state index < -0.39 is 6.10 Å². The van der Waals surface area contributed by atoms with Crippen molar-refractivity contribution in [3.63, 3.8) is 0 Å². The van der Waals surface area contributed by atoms with Gasteiger partial charge in [-0.2, -0.15) is 0 Å². The molecule has 3 atom stereocenters. The highest BCUT2D eigenvalue weighted by Gasteiger charge is 2.32. The fourth-order valence-electron chi connectivity index (χ4n) is 5.76. The molecule has 3 aromatic heterocycles. The van der Waals surface area contributed by atoms with Crippen molar-refractivity contribution in [3.8, 4) is 0 Å². The summed E-state index contributed by atoms with van der Waals surface area (Å²) in [5, 5.41) is 11.0. The van der Waals surface area contributed by atoms with Crippen LogP contribution in [0, 0.1) is 5.92 Å². The number of carbonyl (C=O) groups is 1. The fourth-order valence-corrected chi connectivity index (χ4v) is 6.55. The molecule has 9 nitrogen and oxygen atoms in total. The molecule has 2 aliphatic rings. The molecule has 4 aromatic rings. The molecule has 3 N–H and O–H groups in total. The van der Waals surface area contributed by atoms with Gasteiger partial charge >= 0.3 is 0 Å². The number of carbonyl (C=O) groups excluding carboxylic acids is 1. The van der Waals surface area contributed by atoms with Gasteiger partial charge in [-0.15, -0.1) is 11.3 Å². The maximum Gasteiger partial charge on any atom is 0.274 e. The maximum absolute atomic E-state index is 13.6. The van der Waals surface area contributed by atoms with Gasteiger partial charge in [-0.25, -0.2) is 9.97 Å². The highest BCUT2D eigenvalue weighted by molar-refractivity contribution is 7.09. The Morgan fingerprint density at radius 2 is 2.08 bits per heavy atom. The van der Waals surface area contributed by atoms with Gasteiger partial charge in [0, 0.05) is 49.6 Å². The van der Waals surface area contributed by atoms with E-state index in [4.69, 9.17) is 15.5 Å². The number of piperidine rings is 1. The van der Waals surface area contributed by atoms with Crippen LogP contribution in [-0.2, 0) is 30.8 Å². The molecule has 1 unspecified atom stereocenters. The summed E-state index contributed by atoms with van der Waals surface area (Å²) in [6, 6.07) is 10.2. The SMILES string of the molecule is CO[C@H](C)c1cc(N2Cc3ncsc3C2)cn2cc(C(=O)N3CCC(Cc4ccccc4CN)[C@H](O)C3)nc12. The summed E-state index contributed by atoms with van der Waals surface area (Å²) in [5.74, 6) is -0.0820. The summed E-state index contributed by atoms with van der Waals surface area (Å²) in [4.78, 5) is 28.1. The van der Waals surface area contributed by atoms with Crippen molar-refractivity contribution < 1.29 is 14.6 Å². The van der Waals surface area contributed by atoms with E-state index in [0.717, 1.165) is 48.4 Å². The number of benzene rings is 1. The van der Waals surface area contributed by atoms with Crippen LogP contribution in [0.25, 0.3) is 5.65 Å². The van der Waals surface area contributed by atoms with Crippen molar-refractivity contribution in [2.24, 2.45) is 11.7 Å². The summed E-state index contributed by atoms with van der Waals surface area (Å²) >= 11 is 1.68. The lowest BCUT2D eigenvalue weighted by Crippen LogP contribution is -2.47. The summed E-state index contributed by atoms with van der Waals surface area (Å²) in [7, 11) is 1.68. The number of rotatable bonds is 7. The van der Waals surface area contributed by atoms with Gasteiger partial charge in [0.25, 0.3) is 5.91 Å². The summed E-state index contributed by atoms with van der Waals surface area (Å²) < 4.78 is 7.60. The molecule has 2 aliphatic heterocycles. The molecule has 0 radical (unpaired) electrons. The van der Waals surface area contributed by atoms with E-state index in [0.29, 0.717) is 24.4 Å². The minimum absolute atomic E-state index is 0.0812. The van der Waals surface area contributed by atoms with Crippen molar-refractivity contribution in [2.45, 2.75) is 51.6 Å². The van der Waals surface area contributed by atoms with Crippen LogP contribution in [0.2, 0.25) is 0 Å². The molecule has 39 heavy (non-hydrogen) atoms. The zero-order valence-electron chi connectivity index (χ0n) is 22.3. The first-order valence-corrected chi connectivity index (χ1v) is 14.3. The Hall–Kier alpha value is -3.31. The largest absolute Gasteiger partial charge is 0.391 e. The number of imidazole rings is 1. The third-order valence-corrected chi connectivity index (χ3v) is 9.03. The van der Waals surface area contributed by atoms with E-state index >= 15 is 0 Å². The second-order valence-electron chi connectivity index (χ2n) is 10.5. The molecule has 0 bridgehead atoms. The summed E-state index contributed by atoms with van der Waals surface area (Å²) in [5.41, 5.74) is 14.2. The molecule has 1 fully saturated rings. The smallest absolute Gasteiger partial charge is 0.274 e. The number of aliphatic hydroxyl groups is 1. The normalized spacial score (nSPS) is 20.0. The minimum Gasteiger partial charge on any atom is -0.391 e. The highest BCUT2D eigenvalue weighted by Crippen LogP contribution is 2.33. The van der Waals surface area contributed by atoms with Gasteiger partial charge in [-0.1, -0.05) is 24.3 Å². The standard InChI is InChI=1S/C29H34N6O3S/c1-18(38-2)23-10-22(34-13-24-27(16-34)39-17-31-24)12-35-14-25(32-28(23)35)29(37)33-8-7-20(26(36)15-33)9-19-5-3-4-6-21(19)11-30/h3-6,10,12,14,17-18,20,26,36H,7-9,11,13,15-16,30H2,1-2H3/t18-,20?,26-/m1/s1. The Bertz CT molecular complexity index is 1480. The van der Waals surface area contributed by atoms with E-state index in [2.05, 4.69) is 22.0 Å². The Morgan fingerprint density at radius 3 is 2.82 bits per heavy atom. The number of hydrogen-bond acceptors (Lipinski definition) is 8. The van der Waals surface area contributed by atoms with Crippen LogP contribution in [0.5, 0.6) is 0 Å². The van der Waals surface area contributed by atoms with Crippen LogP contribution in [0.1, 0.15) is 57.2 Å². The van der Waals surface area contributed by atoms with Crippen molar-refractivity contribution >= 4 is 28.6 Å². The average Bonchev–Trinajstić information content (AvgIpc) is 3.68. The van der Waals surface area contributed by atoms with Crippen LogP contribution in [0.15, 0.2) is 48.2 Å². The third kappa shape index (κ3) is 4.93. The van der Waals surface area contributed by atoms with E-state index in [1.54, 1.807) is 29.5 Å². The number of fused-ring (bicyclic) bond motifs is 2. The number of nitrogens with two attached hydrogens (primary N) is 1. The topological polar surface area (TPSA) is 109 Å². The van der Waals surface area contributed by atoms with Gasteiger partial charge in [-0.3, -0.25) is 4.79 Å². The van der Waals surface area contributed by atoms with Gasteiger partial charge in [0.05, 0.1) is 42.2 Å². The second-order valence-corrected chi connectivity index (χ2v) is 11.5. The average molecular weight is 547 g/mol. The van der Waals surface area contributed by atoms with Crippen LogP contribution >= 0.6 is 11.3 Å². The van der Waals surface area contributed by atoms with Crippen molar-refractivity contribution in [2.75, 3.05) is 25.1 Å². The number of β-amino-alcohol motifs (C(OH)–C–C–N with tert-alkyl or cyclic N) is 1. The molecule has 1 amide bonds. The zero-order valence-corrected chi connectivity index (χ0v) is 23.1. The van der Waals surface area contributed by atoms with E-state index in [1.807, 2.05) is 41.2 Å². The number of methoxy groups -OCH3 is 1. The first-order valence-electron chi connectivity index (χ1n) is 13.4. The van der Waals surface area contributed by atoms with Crippen molar-refractivity contribution in [1.82, 2.24) is 19.3 Å². The number of thiazole rings is 1. The highest BCUT2D eigenvalue weighted by atomic mass is 32.1. The molecule has 5 heterocycles. The fraction of sp³-hybridized carbons (Fsp3) is 0.414. The van der Waals surface area contributed by atoms with Gasteiger partial charge in [0.1, 0.15) is 11.3 Å². The number of likely N-dealkylation sites (tertiary alicyclic amines) is 1. The molecule has 6 rings (SSSR count). The molecule has 204 valence electrons. The Kier molecular flexibility index (Phi) is 7.11. The molecule has 10 heteroatoms. The first kappa shape index (κ1) is 25.9. The lowest BCUT2D eigenvalue weighted by atomic mass is 9.86. The molecule has 1 saturated heterocycles. The number of amides is 1. The number of ether oxygens (including phenoxy) is 1. The van der Waals surface area contributed by atoms with Crippen molar-refractivity contribution in [3.05, 3.63) is 81.2 Å². The predicted molar refractivity (Wildman–Crippen MR) is 151 cm³/mol. The molecule has 1 aromatic carbocycles. The number of anilines is 1. The molecular weight excluding hydrogens is 512 g/mol. The van der Waals surface area contributed by atoms with Gasteiger partial charge in [-0.05, 0) is 42.9 Å². The summed E-state index contributed by atoms with van der Waals surface area (Å²) in [6.07, 6.45) is 4.50. The Morgan fingerprint density at radius 1 is 1.26 bits per heavy atom. The lowest BCUT2D eigenvalue weighted by Gasteiger charge is -2.36. The third-order valence-electron chi connectivity index (χ3n) is 8.17.